The minimum atomic E-state index is -0.214. The minimum absolute atomic E-state index is 0.164. The predicted octanol–water partition coefficient (Wildman–Crippen LogP) is 1.26. The monoisotopic (exact) mass is 242 g/mol. The topological polar surface area (TPSA) is 41.6 Å². The van der Waals surface area contributed by atoms with E-state index in [9.17, 15) is 4.79 Å². The highest BCUT2D eigenvalue weighted by molar-refractivity contribution is 5.76. The van der Waals surface area contributed by atoms with Crippen LogP contribution in [0.4, 0.5) is 0 Å². The predicted molar refractivity (Wildman–Crippen MR) is 68.9 cm³/mol. The molecule has 4 nitrogen and oxygen atoms in total. The van der Waals surface area contributed by atoms with Gasteiger partial charge in [-0.2, -0.15) is 0 Å². The second-order valence-electron chi connectivity index (χ2n) is 6.05. The maximum absolute atomic E-state index is 11.7. The summed E-state index contributed by atoms with van der Waals surface area (Å²) in [4.78, 5) is 14.0. The van der Waals surface area contributed by atoms with Gasteiger partial charge in [0.25, 0.3) is 0 Å². The zero-order valence-electron chi connectivity index (χ0n) is 11.7. The van der Waals surface area contributed by atoms with E-state index in [2.05, 4.69) is 24.1 Å². The van der Waals surface area contributed by atoms with Gasteiger partial charge in [-0.3, -0.25) is 4.79 Å². The molecule has 0 amide bonds. The largest absolute Gasteiger partial charge is 0.468 e. The second kappa shape index (κ2) is 5.83. The Bertz CT molecular complexity index is 264. The molecular weight excluding hydrogens is 216 g/mol. The Labute approximate surface area is 105 Å². The summed E-state index contributed by atoms with van der Waals surface area (Å²) in [6, 6.07) is 0.0728. The molecule has 1 aliphatic rings. The average molecular weight is 242 g/mol. The molecule has 0 bridgehead atoms. The van der Waals surface area contributed by atoms with Crippen molar-refractivity contribution >= 4 is 5.97 Å². The van der Waals surface area contributed by atoms with E-state index in [4.69, 9.17) is 4.74 Å². The van der Waals surface area contributed by atoms with Gasteiger partial charge in [-0.05, 0) is 18.4 Å². The molecular formula is C13H26N2O2. The van der Waals surface area contributed by atoms with Gasteiger partial charge in [0, 0.05) is 19.1 Å². The number of methoxy groups -OCH3 is 1. The molecule has 1 unspecified atom stereocenters. The zero-order chi connectivity index (χ0) is 13.1. The number of nitrogens with zero attached hydrogens (tertiary/aromatic N) is 1. The van der Waals surface area contributed by atoms with Crippen LogP contribution in [0.15, 0.2) is 0 Å². The van der Waals surface area contributed by atoms with E-state index in [1.165, 1.54) is 13.5 Å². The molecule has 1 N–H and O–H groups in total. The van der Waals surface area contributed by atoms with Gasteiger partial charge < -0.3 is 15.0 Å². The van der Waals surface area contributed by atoms with Gasteiger partial charge in [-0.25, -0.2) is 0 Å². The van der Waals surface area contributed by atoms with Crippen LogP contribution in [0, 0.1) is 5.41 Å². The molecule has 0 aromatic rings. The maximum Gasteiger partial charge on any atom is 0.324 e. The number of carbonyl (C=O) groups is 1. The van der Waals surface area contributed by atoms with Crippen molar-refractivity contribution in [2.45, 2.75) is 46.2 Å². The lowest BCUT2D eigenvalue weighted by molar-refractivity contribution is -0.143. The van der Waals surface area contributed by atoms with Crippen LogP contribution in [0.25, 0.3) is 0 Å². The van der Waals surface area contributed by atoms with Gasteiger partial charge in [0.2, 0.25) is 0 Å². The average Bonchev–Trinajstić information content (AvgIpc) is 2.55. The van der Waals surface area contributed by atoms with E-state index < -0.39 is 0 Å². The molecule has 1 saturated heterocycles. The minimum Gasteiger partial charge on any atom is -0.468 e. The number of rotatable bonds is 5. The molecule has 1 fully saturated rings. The normalized spacial score (nSPS) is 21.8. The van der Waals surface area contributed by atoms with Crippen LogP contribution < -0.4 is 5.32 Å². The standard InChI is InChI=1S/C13H26N2O2/c1-10(2)14-11(12(16)17-5)8-15-7-6-13(3,4)9-15/h10-11,14H,6-9H2,1-5H3. The molecule has 4 heteroatoms. The Kier molecular flexibility index (Phi) is 4.95. The molecule has 1 aliphatic heterocycles. The molecule has 1 rings (SSSR count). The number of ether oxygens (including phenoxy) is 1. The molecule has 17 heavy (non-hydrogen) atoms. The molecule has 0 spiro atoms. The van der Waals surface area contributed by atoms with Crippen LogP contribution in [0.5, 0.6) is 0 Å². The third-order valence-electron chi connectivity index (χ3n) is 3.22. The first-order valence-corrected chi connectivity index (χ1v) is 6.40. The number of esters is 1. The number of likely N-dealkylation sites (tertiary alicyclic amines) is 1. The molecule has 0 aliphatic carbocycles. The van der Waals surface area contributed by atoms with Crippen LogP contribution in [0.1, 0.15) is 34.1 Å². The summed E-state index contributed by atoms with van der Waals surface area (Å²) in [6.07, 6.45) is 1.20. The Morgan fingerprint density at radius 1 is 1.47 bits per heavy atom. The molecule has 100 valence electrons. The van der Waals surface area contributed by atoms with E-state index in [1.54, 1.807) is 0 Å². The van der Waals surface area contributed by atoms with Crippen molar-refractivity contribution in [3.05, 3.63) is 0 Å². The zero-order valence-corrected chi connectivity index (χ0v) is 11.7. The van der Waals surface area contributed by atoms with Crippen molar-refractivity contribution < 1.29 is 9.53 Å². The van der Waals surface area contributed by atoms with Crippen LogP contribution in [-0.4, -0.2) is 49.7 Å². The van der Waals surface area contributed by atoms with Gasteiger partial charge in [0.1, 0.15) is 6.04 Å². The highest BCUT2D eigenvalue weighted by atomic mass is 16.5. The Hall–Kier alpha value is -0.610. The number of carbonyl (C=O) groups excluding carboxylic acids is 1. The molecule has 0 aromatic carbocycles. The van der Waals surface area contributed by atoms with E-state index in [1.807, 2.05) is 13.8 Å². The Morgan fingerprint density at radius 3 is 2.53 bits per heavy atom. The summed E-state index contributed by atoms with van der Waals surface area (Å²) in [6.45, 7) is 11.5. The number of hydrogen-bond donors (Lipinski definition) is 1. The van der Waals surface area contributed by atoms with Crippen LogP contribution in [0.2, 0.25) is 0 Å². The summed E-state index contributed by atoms with van der Waals surface area (Å²) in [5.41, 5.74) is 0.374. The van der Waals surface area contributed by atoms with E-state index in [-0.39, 0.29) is 18.1 Å². The van der Waals surface area contributed by atoms with E-state index in [0.717, 1.165) is 19.6 Å². The quantitative estimate of drug-likeness (QED) is 0.737. The molecule has 0 radical (unpaired) electrons. The summed E-state index contributed by atoms with van der Waals surface area (Å²) in [5, 5.41) is 3.27. The highest BCUT2D eigenvalue weighted by Crippen LogP contribution is 2.28. The third-order valence-corrected chi connectivity index (χ3v) is 3.22. The van der Waals surface area contributed by atoms with Crippen LogP contribution >= 0.6 is 0 Å². The Morgan fingerprint density at radius 2 is 2.12 bits per heavy atom. The van der Waals surface area contributed by atoms with Crippen molar-refractivity contribution in [2.75, 3.05) is 26.7 Å². The third kappa shape index (κ3) is 4.64. The first kappa shape index (κ1) is 14.5. The lowest BCUT2D eigenvalue weighted by Gasteiger charge is -2.25. The lowest BCUT2D eigenvalue weighted by atomic mass is 9.93. The maximum atomic E-state index is 11.7. The van der Waals surface area contributed by atoms with Gasteiger partial charge >= 0.3 is 5.97 Å². The molecule has 1 atom stereocenters. The summed E-state index contributed by atoms with van der Waals surface area (Å²) < 4.78 is 4.85. The van der Waals surface area contributed by atoms with Crippen molar-refractivity contribution in [2.24, 2.45) is 5.41 Å². The van der Waals surface area contributed by atoms with Crippen molar-refractivity contribution in [3.8, 4) is 0 Å². The lowest BCUT2D eigenvalue weighted by Crippen LogP contribution is -2.48. The van der Waals surface area contributed by atoms with Crippen molar-refractivity contribution in [1.29, 1.82) is 0 Å². The second-order valence-corrected chi connectivity index (χ2v) is 6.05. The van der Waals surface area contributed by atoms with E-state index >= 15 is 0 Å². The van der Waals surface area contributed by atoms with Crippen LogP contribution in [-0.2, 0) is 9.53 Å². The first-order valence-electron chi connectivity index (χ1n) is 6.40. The molecule has 0 aromatic heterocycles. The number of hydrogen-bond acceptors (Lipinski definition) is 4. The van der Waals surface area contributed by atoms with Crippen LogP contribution in [0.3, 0.4) is 0 Å². The highest BCUT2D eigenvalue weighted by Gasteiger charge is 2.32. The van der Waals surface area contributed by atoms with Crippen molar-refractivity contribution in [1.82, 2.24) is 10.2 Å². The fourth-order valence-electron chi connectivity index (χ4n) is 2.38. The summed E-state index contributed by atoms with van der Waals surface area (Å²) in [5.74, 6) is -0.164. The van der Waals surface area contributed by atoms with E-state index in [0.29, 0.717) is 5.41 Å². The van der Waals surface area contributed by atoms with Gasteiger partial charge in [-0.15, -0.1) is 0 Å². The van der Waals surface area contributed by atoms with Crippen molar-refractivity contribution in [3.63, 3.8) is 0 Å². The SMILES string of the molecule is COC(=O)C(CN1CCC(C)(C)C1)NC(C)C. The van der Waals surface area contributed by atoms with Gasteiger partial charge in [0.05, 0.1) is 7.11 Å². The number of nitrogens with one attached hydrogen (secondary N) is 1. The van der Waals surface area contributed by atoms with Gasteiger partial charge in [-0.1, -0.05) is 27.7 Å². The fourth-order valence-corrected chi connectivity index (χ4v) is 2.38. The summed E-state index contributed by atoms with van der Waals surface area (Å²) >= 11 is 0. The smallest absolute Gasteiger partial charge is 0.324 e. The Balaban J connectivity index is 2.52. The first-order chi connectivity index (χ1) is 7.84. The fraction of sp³-hybridized carbons (Fsp3) is 0.923. The molecule has 0 saturated carbocycles. The molecule has 1 heterocycles. The summed E-state index contributed by atoms with van der Waals surface area (Å²) in [7, 11) is 1.45. The van der Waals surface area contributed by atoms with Gasteiger partial charge in [0.15, 0.2) is 0 Å².